The minimum Gasteiger partial charge on any atom is -0.493 e. The molecule has 0 amide bonds. The minimum atomic E-state index is 0.270. The molecule has 0 fully saturated rings. The van der Waals surface area contributed by atoms with Crippen LogP contribution < -0.4 is 4.74 Å². The van der Waals surface area contributed by atoms with Crippen LogP contribution in [0.15, 0.2) is 48.5 Å². The summed E-state index contributed by atoms with van der Waals surface area (Å²) < 4.78 is 5.95. The van der Waals surface area contributed by atoms with Gasteiger partial charge in [-0.3, -0.25) is 0 Å². The molecule has 0 N–H and O–H groups in total. The third-order valence-corrected chi connectivity index (χ3v) is 3.86. The normalized spacial score (nSPS) is 17.2. The molecule has 0 saturated heterocycles. The van der Waals surface area contributed by atoms with E-state index in [9.17, 15) is 0 Å². The number of fused-ring (bicyclic) bond motifs is 1. The quantitative estimate of drug-likeness (QED) is 0.714. The number of rotatable bonds is 1. The Kier molecular flexibility index (Phi) is 3.06. The van der Waals surface area contributed by atoms with E-state index in [-0.39, 0.29) is 5.41 Å². The molecule has 1 aliphatic heterocycles. The van der Waals surface area contributed by atoms with Crippen molar-refractivity contribution >= 4 is 0 Å². The third kappa shape index (κ3) is 2.65. The van der Waals surface area contributed by atoms with E-state index in [1.54, 1.807) is 0 Å². The second kappa shape index (κ2) is 4.73. The summed E-state index contributed by atoms with van der Waals surface area (Å²) in [5.41, 5.74) is 4.16. The zero-order valence-corrected chi connectivity index (χ0v) is 11.6. The summed E-state index contributed by atoms with van der Waals surface area (Å²) in [7, 11) is 0. The van der Waals surface area contributed by atoms with Crippen LogP contribution in [0.4, 0.5) is 0 Å². The average molecular weight is 252 g/mol. The summed E-state index contributed by atoms with van der Waals surface area (Å²) in [5.74, 6) is 1.06. The van der Waals surface area contributed by atoms with Crippen LogP contribution in [0.3, 0.4) is 0 Å². The summed E-state index contributed by atoms with van der Waals surface area (Å²) in [6.45, 7) is 5.36. The van der Waals surface area contributed by atoms with Crippen LogP contribution in [-0.2, 0) is 6.42 Å². The van der Waals surface area contributed by atoms with Crippen molar-refractivity contribution in [3.63, 3.8) is 0 Å². The predicted octanol–water partition coefficient (Wildman–Crippen LogP) is 4.70. The Bertz CT molecular complexity index is 569. The van der Waals surface area contributed by atoms with Crippen molar-refractivity contribution in [1.29, 1.82) is 0 Å². The molecule has 19 heavy (non-hydrogen) atoms. The summed E-state index contributed by atoms with van der Waals surface area (Å²) in [5, 5.41) is 0. The van der Waals surface area contributed by atoms with Crippen molar-refractivity contribution in [3.05, 3.63) is 54.1 Å². The van der Waals surface area contributed by atoms with E-state index in [4.69, 9.17) is 4.74 Å². The van der Waals surface area contributed by atoms with E-state index >= 15 is 0 Å². The Labute approximate surface area is 115 Å². The van der Waals surface area contributed by atoms with Gasteiger partial charge in [0.15, 0.2) is 0 Å². The minimum absolute atomic E-state index is 0.270. The van der Waals surface area contributed by atoms with Gasteiger partial charge in [-0.1, -0.05) is 50.2 Å². The smallest absolute Gasteiger partial charge is 0.122 e. The molecule has 0 aliphatic carbocycles. The van der Waals surface area contributed by atoms with Gasteiger partial charge >= 0.3 is 0 Å². The highest BCUT2D eigenvalue weighted by Gasteiger charge is 2.23. The molecule has 1 heterocycles. The average Bonchev–Trinajstić information content (AvgIpc) is 2.59. The molecule has 98 valence electrons. The first-order chi connectivity index (χ1) is 9.14. The van der Waals surface area contributed by atoms with Crippen molar-refractivity contribution in [1.82, 2.24) is 0 Å². The van der Waals surface area contributed by atoms with Crippen LogP contribution in [0, 0.1) is 5.41 Å². The fourth-order valence-corrected chi connectivity index (χ4v) is 2.54. The van der Waals surface area contributed by atoms with Gasteiger partial charge in [0, 0.05) is 0 Å². The second-order valence-electron chi connectivity index (χ2n) is 6.14. The van der Waals surface area contributed by atoms with Crippen molar-refractivity contribution in [2.75, 3.05) is 6.61 Å². The number of aryl methyl sites for hydroxylation is 1. The molecule has 0 spiro atoms. The maximum absolute atomic E-state index is 5.95. The van der Waals surface area contributed by atoms with Gasteiger partial charge in [0.1, 0.15) is 5.75 Å². The molecule has 0 radical (unpaired) electrons. The zero-order chi connectivity index (χ0) is 13.3. The molecule has 1 heteroatoms. The lowest BCUT2D eigenvalue weighted by Crippen LogP contribution is -2.19. The maximum Gasteiger partial charge on any atom is 0.122 e. The van der Waals surface area contributed by atoms with E-state index in [0.29, 0.717) is 0 Å². The molecule has 3 rings (SSSR count). The lowest BCUT2D eigenvalue weighted by molar-refractivity contribution is 0.182. The van der Waals surface area contributed by atoms with Crippen LogP contribution in [-0.4, -0.2) is 6.61 Å². The summed E-state index contributed by atoms with van der Waals surface area (Å²) in [4.78, 5) is 0. The number of hydrogen-bond donors (Lipinski definition) is 0. The largest absolute Gasteiger partial charge is 0.493 e. The van der Waals surface area contributed by atoms with Crippen LogP contribution in [0.1, 0.15) is 25.8 Å². The molecule has 2 aromatic carbocycles. The molecule has 0 atom stereocenters. The summed E-state index contributed by atoms with van der Waals surface area (Å²) in [6, 6.07) is 17.1. The number of ether oxygens (including phenoxy) is 1. The zero-order valence-electron chi connectivity index (χ0n) is 11.6. The molecular formula is C18H20O. The van der Waals surface area contributed by atoms with Gasteiger partial charge < -0.3 is 4.74 Å². The van der Waals surface area contributed by atoms with Gasteiger partial charge in [-0.05, 0) is 47.1 Å². The molecule has 2 aromatic rings. The van der Waals surface area contributed by atoms with Crippen molar-refractivity contribution in [2.24, 2.45) is 5.41 Å². The highest BCUT2D eigenvalue weighted by atomic mass is 16.5. The standard InChI is InChI=1S/C18H20O/c1-18(2)11-10-16-12-15(8-9-17(16)19-13-18)14-6-4-3-5-7-14/h3-9,12H,10-11,13H2,1-2H3. The fraction of sp³-hybridized carbons (Fsp3) is 0.333. The van der Waals surface area contributed by atoms with Gasteiger partial charge in [-0.15, -0.1) is 0 Å². The molecule has 1 nitrogen and oxygen atoms in total. The number of benzene rings is 2. The first-order valence-electron chi connectivity index (χ1n) is 6.95. The highest BCUT2D eigenvalue weighted by molar-refractivity contribution is 5.65. The van der Waals surface area contributed by atoms with Gasteiger partial charge in [-0.25, -0.2) is 0 Å². The van der Waals surface area contributed by atoms with Crippen LogP contribution >= 0.6 is 0 Å². The Morgan fingerprint density at radius 2 is 1.74 bits per heavy atom. The molecule has 0 bridgehead atoms. The third-order valence-electron chi connectivity index (χ3n) is 3.86. The SMILES string of the molecule is CC1(C)CCc2cc(-c3ccccc3)ccc2OC1. The molecule has 0 saturated carbocycles. The van der Waals surface area contributed by atoms with Gasteiger partial charge in [0.05, 0.1) is 6.61 Å². The van der Waals surface area contributed by atoms with Gasteiger partial charge in [-0.2, -0.15) is 0 Å². The highest BCUT2D eigenvalue weighted by Crippen LogP contribution is 2.34. The Morgan fingerprint density at radius 1 is 0.947 bits per heavy atom. The van der Waals surface area contributed by atoms with Crippen LogP contribution in [0.25, 0.3) is 11.1 Å². The topological polar surface area (TPSA) is 9.23 Å². The van der Waals surface area contributed by atoms with Gasteiger partial charge in [0.25, 0.3) is 0 Å². The first-order valence-corrected chi connectivity index (χ1v) is 6.95. The summed E-state index contributed by atoms with van der Waals surface area (Å²) in [6.07, 6.45) is 2.28. The Hall–Kier alpha value is -1.76. The first kappa shape index (κ1) is 12.3. The fourth-order valence-electron chi connectivity index (χ4n) is 2.54. The van der Waals surface area contributed by atoms with Crippen molar-refractivity contribution in [3.8, 4) is 16.9 Å². The molecule has 0 aromatic heterocycles. The van der Waals surface area contributed by atoms with Crippen LogP contribution in [0.5, 0.6) is 5.75 Å². The van der Waals surface area contributed by atoms with Crippen molar-refractivity contribution < 1.29 is 4.74 Å². The van der Waals surface area contributed by atoms with E-state index in [2.05, 4.69) is 62.4 Å². The Balaban J connectivity index is 1.95. The second-order valence-corrected chi connectivity index (χ2v) is 6.14. The number of hydrogen-bond acceptors (Lipinski definition) is 1. The van der Waals surface area contributed by atoms with E-state index in [1.807, 2.05) is 0 Å². The summed E-state index contributed by atoms with van der Waals surface area (Å²) >= 11 is 0. The maximum atomic E-state index is 5.95. The van der Waals surface area contributed by atoms with E-state index in [0.717, 1.165) is 18.8 Å². The predicted molar refractivity (Wildman–Crippen MR) is 79.5 cm³/mol. The van der Waals surface area contributed by atoms with E-state index in [1.165, 1.54) is 23.1 Å². The molecular weight excluding hydrogens is 232 g/mol. The Morgan fingerprint density at radius 3 is 2.53 bits per heavy atom. The van der Waals surface area contributed by atoms with E-state index < -0.39 is 0 Å². The van der Waals surface area contributed by atoms with Crippen molar-refractivity contribution in [2.45, 2.75) is 26.7 Å². The lowest BCUT2D eigenvalue weighted by Gasteiger charge is -2.20. The lowest BCUT2D eigenvalue weighted by atomic mass is 9.88. The molecule has 1 aliphatic rings. The van der Waals surface area contributed by atoms with Crippen LogP contribution in [0.2, 0.25) is 0 Å². The molecule has 0 unspecified atom stereocenters. The van der Waals surface area contributed by atoms with Gasteiger partial charge in [0.2, 0.25) is 0 Å². The monoisotopic (exact) mass is 252 g/mol.